The summed E-state index contributed by atoms with van der Waals surface area (Å²) in [6.07, 6.45) is 3.06. The van der Waals surface area contributed by atoms with E-state index in [1.54, 1.807) is 7.11 Å². The fourth-order valence-electron chi connectivity index (χ4n) is 1.49. The summed E-state index contributed by atoms with van der Waals surface area (Å²) in [5.74, 6) is -0.373. The molecule has 0 radical (unpaired) electrons. The minimum atomic E-state index is -0.373. The quantitative estimate of drug-likeness (QED) is 0.583. The van der Waals surface area contributed by atoms with Crippen LogP contribution in [0.1, 0.15) is 40.0 Å². The smallest absolute Gasteiger partial charge is 0.165 e. The summed E-state index contributed by atoms with van der Waals surface area (Å²) in [6, 6.07) is 0. The lowest BCUT2D eigenvalue weighted by molar-refractivity contribution is -0.214. The normalized spacial score (nSPS) is 36.9. The SMILES string of the molecule is COC1(C)CC/C(C)=C(/C)CCO1. The second-order valence-corrected chi connectivity index (χ2v) is 4.00. The fraction of sp³-hybridized carbons (Fsp3) is 0.818. The number of ether oxygens (including phenoxy) is 2. The number of hydrogen-bond acceptors (Lipinski definition) is 2. The summed E-state index contributed by atoms with van der Waals surface area (Å²) in [4.78, 5) is 0. The van der Waals surface area contributed by atoms with Crippen molar-refractivity contribution in [3.8, 4) is 0 Å². The summed E-state index contributed by atoms with van der Waals surface area (Å²) in [5.41, 5.74) is 2.96. The third kappa shape index (κ3) is 2.82. The van der Waals surface area contributed by atoms with Gasteiger partial charge < -0.3 is 9.47 Å². The highest BCUT2D eigenvalue weighted by Crippen LogP contribution is 2.26. The van der Waals surface area contributed by atoms with Crippen LogP contribution in [0.5, 0.6) is 0 Å². The van der Waals surface area contributed by atoms with Gasteiger partial charge in [-0.15, -0.1) is 0 Å². The molecule has 2 heteroatoms. The third-order valence-electron chi connectivity index (χ3n) is 3.00. The number of rotatable bonds is 1. The van der Waals surface area contributed by atoms with Crippen LogP contribution in [0.25, 0.3) is 0 Å². The first kappa shape index (κ1) is 10.7. The van der Waals surface area contributed by atoms with E-state index in [0.29, 0.717) is 0 Å². The highest BCUT2D eigenvalue weighted by atomic mass is 16.7. The Morgan fingerprint density at radius 1 is 1.23 bits per heavy atom. The van der Waals surface area contributed by atoms with Crippen LogP contribution in [0.4, 0.5) is 0 Å². The van der Waals surface area contributed by atoms with E-state index in [0.717, 1.165) is 25.9 Å². The average molecular weight is 184 g/mol. The van der Waals surface area contributed by atoms with Crippen LogP contribution in [0.2, 0.25) is 0 Å². The van der Waals surface area contributed by atoms with Gasteiger partial charge in [-0.1, -0.05) is 11.1 Å². The van der Waals surface area contributed by atoms with Gasteiger partial charge >= 0.3 is 0 Å². The predicted octanol–water partition coefficient (Wildman–Crippen LogP) is 2.89. The zero-order valence-electron chi connectivity index (χ0n) is 9.14. The molecule has 0 aromatic carbocycles. The molecule has 0 aromatic heterocycles. The van der Waals surface area contributed by atoms with Crippen molar-refractivity contribution >= 4 is 0 Å². The molecule has 76 valence electrons. The van der Waals surface area contributed by atoms with Crippen molar-refractivity contribution in [3.63, 3.8) is 0 Å². The molecule has 0 saturated heterocycles. The van der Waals surface area contributed by atoms with Crippen LogP contribution in [-0.4, -0.2) is 19.5 Å². The summed E-state index contributed by atoms with van der Waals surface area (Å²) >= 11 is 0. The van der Waals surface area contributed by atoms with Gasteiger partial charge in [0.2, 0.25) is 0 Å². The Morgan fingerprint density at radius 3 is 2.46 bits per heavy atom. The summed E-state index contributed by atoms with van der Waals surface area (Å²) in [7, 11) is 1.72. The van der Waals surface area contributed by atoms with Crippen molar-refractivity contribution in [1.82, 2.24) is 0 Å². The first-order valence-corrected chi connectivity index (χ1v) is 4.92. The van der Waals surface area contributed by atoms with Crippen LogP contribution in [0, 0.1) is 0 Å². The molecular weight excluding hydrogens is 164 g/mol. The molecule has 0 bridgehead atoms. The first-order chi connectivity index (χ1) is 6.07. The maximum atomic E-state index is 5.68. The van der Waals surface area contributed by atoms with Crippen molar-refractivity contribution in [2.24, 2.45) is 0 Å². The zero-order valence-corrected chi connectivity index (χ0v) is 9.14. The highest BCUT2D eigenvalue weighted by molar-refractivity contribution is 5.10. The van der Waals surface area contributed by atoms with Gasteiger partial charge in [-0.25, -0.2) is 0 Å². The maximum Gasteiger partial charge on any atom is 0.165 e. The molecule has 2 nitrogen and oxygen atoms in total. The van der Waals surface area contributed by atoms with Crippen LogP contribution >= 0.6 is 0 Å². The fourth-order valence-corrected chi connectivity index (χ4v) is 1.49. The van der Waals surface area contributed by atoms with Gasteiger partial charge in [-0.3, -0.25) is 0 Å². The van der Waals surface area contributed by atoms with Crippen LogP contribution in [-0.2, 0) is 9.47 Å². The Balaban J connectivity index is 2.65. The molecule has 1 atom stereocenters. The Morgan fingerprint density at radius 2 is 1.85 bits per heavy atom. The van der Waals surface area contributed by atoms with Crippen LogP contribution < -0.4 is 0 Å². The van der Waals surface area contributed by atoms with Gasteiger partial charge in [0.15, 0.2) is 5.79 Å². The lowest BCUT2D eigenvalue weighted by Crippen LogP contribution is -2.32. The summed E-state index contributed by atoms with van der Waals surface area (Å²) in [5, 5.41) is 0. The van der Waals surface area contributed by atoms with Crippen LogP contribution in [0.15, 0.2) is 11.1 Å². The predicted molar refractivity (Wildman–Crippen MR) is 53.6 cm³/mol. The Hall–Kier alpha value is -0.340. The van der Waals surface area contributed by atoms with Gasteiger partial charge in [0, 0.05) is 13.5 Å². The summed E-state index contributed by atoms with van der Waals surface area (Å²) in [6.45, 7) is 7.18. The van der Waals surface area contributed by atoms with E-state index < -0.39 is 0 Å². The standard InChI is InChI=1S/C11H20O2/c1-9-5-7-11(3,12-4)13-8-6-10(9)2/h5-8H2,1-4H3/b10-9-. The largest absolute Gasteiger partial charge is 0.353 e. The molecule has 13 heavy (non-hydrogen) atoms. The number of allylic oxidation sites excluding steroid dienone is 1. The topological polar surface area (TPSA) is 18.5 Å². The Kier molecular flexibility index (Phi) is 3.51. The number of methoxy groups -OCH3 is 1. The zero-order chi connectivity index (χ0) is 9.90. The van der Waals surface area contributed by atoms with E-state index in [4.69, 9.17) is 9.47 Å². The maximum absolute atomic E-state index is 5.68. The molecule has 0 aromatic rings. The molecule has 0 saturated carbocycles. The van der Waals surface area contributed by atoms with Crippen molar-refractivity contribution in [2.45, 2.75) is 45.8 Å². The second kappa shape index (κ2) is 4.25. The van der Waals surface area contributed by atoms with Crippen molar-refractivity contribution in [1.29, 1.82) is 0 Å². The Labute approximate surface area is 80.9 Å². The first-order valence-electron chi connectivity index (χ1n) is 4.92. The molecule has 1 heterocycles. The lowest BCUT2D eigenvalue weighted by atomic mass is 9.99. The second-order valence-electron chi connectivity index (χ2n) is 4.00. The molecule has 1 aliphatic rings. The molecule has 0 amide bonds. The molecule has 0 spiro atoms. The van der Waals surface area contributed by atoms with Gasteiger partial charge in [0.25, 0.3) is 0 Å². The monoisotopic (exact) mass is 184 g/mol. The van der Waals surface area contributed by atoms with E-state index in [2.05, 4.69) is 13.8 Å². The van der Waals surface area contributed by atoms with E-state index in [1.165, 1.54) is 11.1 Å². The van der Waals surface area contributed by atoms with Crippen molar-refractivity contribution < 1.29 is 9.47 Å². The third-order valence-corrected chi connectivity index (χ3v) is 3.00. The van der Waals surface area contributed by atoms with Crippen LogP contribution in [0.3, 0.4) is 0 Å². The van der Waals surface area contributed by atoms with E-state index in [-0.39, 0.29) is 5.79 Å². The minimum Gasteiger partial charge on any atom is -0.353 e. The van der Waals surface area contributed by atoms with Gasteiger partial charge in [0.05, 0.1) is 6.61 Å². The van der Waals surface area contributed by atoms with Crippen molar-refractivity contribution in [3.05, 3.63) is 11.1 Å². The van der Waals surface area contributed by atoms with E-state index in [1.807, 2.05) is 6.92 Å². The molecular formula is C11H20O2. The number of hydrogen-bond donors (Lipinski definition) is 0. The van der Waals surface area contributed by atoms with E-state index >= 15 is 0 Å². The average Bonchev–Trinajstić information content (AvgIpc) is 2.12. The lowest BCUT2D eigenvalue weighted by Gasteiger charge is -2.30. The summed E-state index contributed by atoms with van der Waals surface area (Å²) < 4.78 is 11.0. The van der Waals surface area contributed by atoms with Gasteiger partial charge in [0.1, 0.15) is 0 Å². The Bertz CT molecular complexity index is 208. The minimum absolute atomic E-state index is 0.373. The van der Waals surface area contributed by atoms with Crippen molar-refractivity contribution in [2.75, 3.05) is 13.7 Å². The molecule has 0 aliphatic carbocycles. The molecule has 0 N–H and O–H groups in total. The molecule has 1 aliphatic heterocycles. The molecule has 1 unspecified atom stereocenters. The van der Waals surface area contributed by atoms with Gasteiger partial charge in [-0.05, 0) is 33.6 Å². The molecule has 0 fully saturated rings. The van der Waals surface area contributed by atoms with E-state index in [9.17, 15) is 0 Å². The highest BCUT2D eigenvalue weighted by Gasteiger charge is 2.25. The molecule has 1 rings (SSSR count). The van der Waals surface area contributed by atoms with Gasteiger partial charge in [-0.2, -0.15) is 0 Å².